The minimum Gasteiger partial charge on any atom is -0.468 e. The van der Waals surface area contributed by atoms with E-state index in [9.17, 15) is 4.79 Å². The standard InChI is InChI=1S/C16H27N3O2/c1-2-18(13-15-7-6-10-21-15)14(12-17)11-16(20)19-8-4-3-5-9-19/h6-7,10,14H,2-5,8-9,11-13,17H2,1H3. The van der Waals surface area contributed by atoms with Gasteiger partial charge in [-0.15, -0.1) is 0 Å². The van der Waals surface area contributed by atoms with Crippen LogP contribution in [-0.2, 0) is 11.3 Å². The van der Waals surface area contributed by atoms with Crippen LogP contribution in [-0.4, -0.2) is 47.9 Å². The second-order valence-corrected chi connectivity index (χ2v) is 5.68. The summed E-state index contributed by atoms with van der Waals surface area (Å²) < 4.78 is 5.40. The van der Waals surface area contributed by atoms with Gasteiger partial charge in [0.1, 0.15) is 5.76 Å². The first-order valence-electron chi connectivity index (χ1n) is 7.98. The first kappa shape index (κ1) is 16.0. The molecule has 2 N–H and O–H groups in total. The third-order valence-electron chi connectivity index (χ3n) is 4.25. The summed E-state index contributed by atoms with van der Waals surface area (Å²) in [6.45, 7) is 5.96. The molecule has 1 aliphatic heterocycles. The minimum atomic E-state index is 0.0783. The van der Waals surface area contributed by atoms with Gasteiger partial charge in [-0.1, -0.05) is 6.92 Å². The molecule has 21 heavy (non-hydrogen) atoms. The van der Waals surface area contributed by atoms with Crippen LogP contribution in [0, 0.1) is 0 Å². The lowest BCUT2D eigenvalue weighted by atomic mass is 10.1. The quantitative estimate of drug-likeness (QED) is 0.833. The monoisotopic (exact) mass is 293 g/mol. The molecule has 1 amide bonds. The van der Waals surface area contributed by atoms with Gasteiger partial charge in [-0.05, 0) is 37.9 Å². The summed E-state index contributed by atoms with van der Waals surface area (Å²) in [4.78, 5) is 16.6. The van der Waals surface area contributed by atoms with E-state index in [1.54, 1.807) is 6.26 Å². The van der Waals surface area contributed by atoms with Crippen molar-refractivity contribution in [2.75, 3.05) is 26.2 Å². The van der Waals surface area contributed by atoms with E-state index in [0.717, 1.165) is 38.2 Å². The molecule has 2 heterocycles. The van der Waals surface area contributed by atoms with Crippen LogP contribution in [0.1, 0.15) is 38.4 Å². The molecule has 5 nitrogen and oxygen atoms in total. The Kier molecular flexibility index (Phi) is 6.26. The van der Waals surface area contributed by atoms with Crippen molar-refractivity contribution in [1.29, 1.82) is 0 Å². The normalized spacial score (nSPS) is 17.2. The Morgan fingerprint density at radius 3 is 2.76 bits per heavy atom. The molecular weight excluding hydrogens is 266 g/mol. The van der Waals surface area contributed by atoms with Crippen LogP contribution < -0.4 is 5.73 Å². The van der Waals surface area contributed by atoms with Gasteiger partial charge in [0.15, 0.2) is 0 Å². The highest BCUT2D eigenvalue weighted by atomic mass is 16.3. The topological polar surface area (TPSA) is 62.7 Å². The summed E-state index contributed by atoms with van der Waals surface area (Å²) in [6.07, 6.45) is 5.68. The first-order chi connectivity index (χ1) is 10.2. The Balaban J connectivity index is 1.91. The van der Waals surface area contributed by atoms with Crippen LogP contribution in [0.3, 0.4) is 0 Å². The maximum atomic E-state index is 12.4. The third-order valence-corrected chi connectivity index (χ3v) is 4.25. The SMILES string of the molecule is CCN(Cc1ccco1)C(CN)CC(=O)N1CCCCC1. The second kappa shape index (κ2) is 8.20. The number of hydrogen-bond acceptors (Lipinski definition) is 4. The molecule has 1 aromatic heterocycles. The third kappa shape index (κ3) is 4.58. The van der Waals surface area contributed by atoms with E-state index >= 15 is 0 Å². The fourth-order valence-corrected chi connectivity index (χ4v) is 2.94. The molecule has 118 valence electrons. The van der Waals surface area contributed by atoms with Crippen LogP contribution >= 0.6 is 0 Å². The predicted molar refractivity (Wildman–Crippen MR) is 82.7 cm³/mol. The summed E-state index contributed by atoms with van der Waals surface area (Å²) >= 11 is 0. The molecule has 1 saturated heterocycles. The number of hydrogen-bond donors (Lipinski definition) is 1. The van der Waals surface area contributed by atoms with Crippen molar-refractivity contribution < 1.29 is 9.21 Å². The molecule has 1 aliphatic rings. The van der Waals surface area contributed by atoms with Gasteiger partial charge in [0.05, 0.1) is 12.8 Å². The zero-order valence-corrected chi connectivity index (χ0v) is 13.0. The summed E-state index contributed by atoms with van der Waals surface area (Å²) in [5.74, 6) is 1.16. The van der Waals surface area contributed by atoms with Crippen molar-refractivity contribution in [3.8, 4) is 0 Å². The number of carbonyl (C=O) groups excluding carboxylic acids is 1. The molecule has 0 saturated carbocycles. The Morgan fingerprint density at radius 1 is 1.43 bits per heavy atom. The van der Waals surface area contributed by atoms with Gasteiger partial charge in [0.25, 0.3) is 0 Å². The van der Waals surface area contributed by atoms with Gasteiger partial charge >= 0.3 is 0 Å². The number of likely N-dealkylation sites (tertiary alicyclic amines) is 1. The maximum Gasteiger partial charge on any atom is 0.224 e. The van der Waals surface area contributed by atoms with Gasteiger partial charge in [0.2, 0.25) is 5.91 Å². The number of piperidine rings is 1. The minimum absolute atomic E-state index is 0.0783. The van der Waals surface area contributed by atoms with Crippen LogP contribution in [0.5, 0.6) is 0 Å². The van der Waals surface area contributed by atoms with Crippen molar-refractivity contribution in [1.82, 2.24) is 9.80 Å². The van der Waals surface area contributed by atoms with Crippen LogP contribution in [0.25, 0.3) is 0 Å². The number of rotatable bonds is 7. The first-order valence-corrected chi connectivity index (χ1v) is 7.98. The summed E-state index contributed by atoms with van der Waals surface area (Å²) in [6, 6.07) is 3.93. The Hall–Kier alpha value is -1.33. The van der Waals surface area contributed by atoms with Gasteiger partial charge in [-0.25, -0.2) is 0 Å². The predicted octanol–water partition coefficient (Wildman–Crippen LogP) is 1.83. The zero-order chi connectivity index (χ0) is 15.1. The maximum absolute atomic E-state index is 12.4. The molecule has 0 radical (unpaired) electrons. The van der Waals surface area contributed by atoms with Crippen molar-refractivity contribution in [3.63, 3.8) is 0 Å². The Bertz CT molecular complexity index is 413. The molecule has 2 rings (SSSR count). The number of furan rings is 1. The average Bonchev–Trinajstić information content (AvgIpc) is 3.04. The molecule has 5 heteroatoms. The zero-order valence-electron chi connectivity index (χ0n) is 13.0. The number of likely N-dealkylation sites (N-methyl/N-ethyl adjacent to an activating group) is 1. The molecule has 1 aromatic rings. The largest absolute Gasteiger partial charge is 0.468 e. The van der Waals surface area contributed by atoms with E-state index in [1.165, 1.54) is 6.42 Å². The van der Waals surface area contributed by atoms with E-state index < -0.39 is 0 Å². The molecule has 0 aromatic carbocycles. The fourth-order valence-electron chi connectivity index (χ4n) is 2.94. The second-order valence-electron chi connectivity index (χ2n) is 5.68. The molecule has 1 unspecified atom stereocenters. The van der Waals surface area contributed by atoms with Crippen molar-refractivity contribution in [3.05, 3.63) is 24.2 Å². The molecular formula is C16H27N3O2. The van der Waals surface area contributed by atoms with Crippen molar-refractivity contribution >= 4 is 5.91 Å². The van der Waals surface area contributed by atoms with Crippen molar-refractivity contribution in [2.24, 2.45) is 5.73 Å². The van der Waals surface area contributed by atoms with Crippen LogP contribution in [0.15, 0.2) is 22.8 Å². The van der Waals surface area contributed by atoms with Crippen LogP contribution in [0.4, 0.5) is 0 Å². The lowest BCUT2D eigenvalue weighted by molar-refractivity contribution is -0.133. The van der Waals surface area contributed by atoms with Gasteiger partial charge in [-0.3, -0.25) is 9.69 Å². The number of nitrogens with two attached hydrogens (primary N) is 1. The highest BCUT2D eigenvalue weighted by Gasteiger charge is 2.24. The molecule has 0 bridgehead atoms. The Morgan fingerprint density at radius 2 is 2.19 bits per heavy atom. The average molecular weight is 293 g/mol. The lowest BCUT2D eigenvalue weighted by Crippen LogP contribution is -2.45. The summed E-state index contributed by atoms with van der Waals surface area (Å²) in [5.41, 5.74) is 5.91. The molecule has 1 atom stereocenters. The van der Waals surface area contributed by atoms with E-state index in [2.05, 4.69) is 11.8 Å². The van der Waals surface area contributed by atoms with E-state index in [-0.39, 0.29) is 11.9 Å². The van der Waals surface area contributed by atoms with E-state index in [4.69, 9.17) is 10.2 Å². The fraction of sp³-hybridized carbons (Fsp3) is 0.688. The Labute approximate surface area is 127 Å². The van der Waals surface area contributed by atoms with Gasteiger partial charge < -0.3 is 15.1 Å². The summed E-state index contributed by atoms with van der Waals surface area (Å²) in [5, 5.41) is 0. The van der Waals surface area contributed by atoms with Crippen molar-refractivity contribution in [2.45, 2.75) is 45.2 Å². The van der Waals surface area contributed by atoms with E-state index in [1.807, 2.05) is 17.0 Å². The molecule has 1 fully saturated rings. The summed E-state index contributed by atoms with van der Waals surface area (Å²) in [7, 11) is 0. The number of nitrogens with zero attached hydrogens (tertiary/aromatic N) is 2. The number of amides is 1. The van der Waals surface area contributed by atoms with E-state index in [0.29, 0.717) is 19.5 Å². The highest BCUT2D eigenvalue weighted by molar-refractivity contribution is 5.76. The van der Waals surface area contributed by atoms with Gasteiger partial charge in [-0.2, -0.15) is 0 Å². The van der Waals surface area contributed by atoms with Gasteiger partial charge in [0, 0.05) is 32.1 Å². The molecule has 0 aliphatic carbocycles. The highest BCUT2D eigenvalue weighted by Crippen LogP contribution is 2.15. The lowest BCUT2D eigenvalue weighted by Gasteiger charge is -2.32. The number of carbonyl (C=O) groups is 1. The smallest absolute Gasteiger partial charge is 0.224 e. The molecule has 0 spiro atoms. The van der Waals surface area contributed by atoms with Crippen LogP contribution in [0.2, 0.25) is 0 Å².